The molecule has 231 valence electrons. The van der Waals surface area contributed by atoms with Crippen molar-refractivity contribution in [3.05, 3.63) is 0 Å². The molecule has 7 radical (unpaired) electrons. The Morgan fingerprint density at radius 2 is 0.163 bits per heavy atom. The average Bonchev–Trinajstić information content (AvgIpc) is 2.20. The topological polar surface area (TPSA) is 442 Å². The minimum atomic E-state index is -4.20. The maximum atomic E-state index is 8.60. The SMILES string of the molecule is F.F.F.F.F.F.F.[K+].[K+].[K+].[K+].[K+].[K+].[K+].[K+].[K+].[K+].[K+].[K+].[K+].[K+].[O]=[Sb]([O-])[O-].[O]=[Sb]([O-])[O-].[O]=[Sb]([O-])[O-].[O]=[Sb]([O-])[O-].[O]=[Sb]([O-])[O-].[O]=[Sb]([O-])[O-].[O]=[Sb]([O-])[O-]. The van der Waals surface area contributed by atoms with E-state index >= 15 is 0 Å². The van der Waals surface area contributed by atoms with Gasteiger partial charge in [-0.2, -0.15) is 0 Å². The summed E-state index contributed by atoms with van der Waals surface area (Å²) in [4.78, 5) is 0. The van der Waals surface area contributed by atoms with E-state index in [1.54, 1.807) is 0 Å². The zero-order valence-electron chi connectivity index (χ0n) is 28.6. The molecule has 0 saturated heterocycles. The van der Waals surface area contributed by atoms with Gasteiger partial charge in [0.2, 0.25) is 0 Å². The molecule has 0 aromatic heterocycles. The Kier molecular flexibility index (Phi) is 677. The van der Waals surface area contributed by atoms with Crippen molar-refractivity contribution in [2.45, 2.75) is 0 Å². The first-order chi connectivity index (χ1) is 12.1. The molecule has 0 aliphatic heterocycles. The Hall–Kier alpha value is 26.2. The van der Waals surface area contributed by atoms with Crippen LogP contribution in [0.2, 0.25) is 0 Å². The molecule has 0 aromatic rings. The summed E-state index contributed by atoms with van der Waals surface area (Å²) in [5, 5.41) is 0. The van der Waals surface area contributed by atoms with E-state index < -0.39 is 147 Å². The molecule has 0 aromatic carbocycles. The molecule has 0 rings (SSSR count). The molecule has 0 atom stereocenters. The van der Waals surface area contributed by atoms with Crippen LogP contribution in [0.15, 0.2) is 0 Å². The second-order valence-corrected chi connectivity index (χ2v) is 10.5. The van der Waals surface area contributed by atoms with E-state index in [9.17, 15) is 0 Å². The summed E-state index contributed by atoms with van der Waals surface area (Å²) in [6.45, 7) is 0. The van der Waals surface area contributed by atoms with Crippen LogP contribution in [0.4, 0.5) is 32.9 Å². The molecule has 0 fully saturated rings. The fourth-order valence-corrected chi connectivity index (χ4v) is 0. The Bertz CT molecular complexity index is 369. The summed E-state index contributed by atoms with van der Waals surface area (Å²) in [7, 11) is 0. The first-order valence-electron chi connectivity index (χ1n) is 3.83. The molecular weight excluding hydrogens is 1870 g/mol. The normalized spacial score (nSPS) is 3.71. The molecule has 0 bridgehead atoms. The zero-order chi connectivity index (χ0) is 25.0. The van der Waals surface area contributed by atoms with Crippen molar-refractivity contribution in [1.82, 2.24) is 0 Å². The standard InChI is InChI=1S/7FH.14K.21O.7Sb/h7*1H;;;;;;;;;;;;;;;;;;;;;;;;;;;;;;;;;;;;;;;;;;/q;;;;;;;14*+1;;;;;;;;14*-1;;;;;;;. The average molecular weight is 1880 g/mol. The van der Waals surface area contributed by atoms with Crippen molar-refractivity contribution in [2.24, 2.45) is 0 Å². The third-order valence-electron chi connectivity index (χ3n) is 0. The van der Waals surface area contributed by atoms with Crippen LogP contribution >= 0.6 is 0 Å². The molecule has 49 heavy (non-hydrogen) atoms. The number of hydrogen-bond donors (Lipinski definition) is 0. The van der Waals surface area contributed by atoms with Gasteiger partial charge in [-0.3, -0.25) is 32.9 Å². The minimum absolute atomic E-state index is 0. The van der Waals surface area contributed by atoms with Crippen molar-refractivity contribution in [2.75, 3.05) is 0 Å². The predicted octanol–water partition coefficient (Wildman–Crippen LogP) is -61.0. The van der Waals surface area contributed by atoms with Crippen LogP contribution in [0.1, 0.15) is 0 Å². The fourth-order valence-electron chi connectivity index (χ4n) is 0. The van der Waals surface area contributed by atoms with E-state index in [-0.39, 0.29) is 752 Å². The molecule has 0 N–H and O–H groups in total. The van der Waals surface area contributed by atoms with E-state index in [2.05, 4.69) is 0 Å². The van der Waals surface area contributed by atoms with Gasteiger partial charge >= 0.3 is 935 Å². The van der Waals surface area contributed by atoms with Crippen molar-refractivity contribution in [1.29, 1.82) is 0 Å². The first kappa shape index (κ1) is 186. The van der Waals surface area contributed by atoms with Crippen LogP contribution in [-0.2, 0) is 21.1 Å². The summed E-state index contributed by atoms with van der Waals surface area (Å²) < 4.78 is 181. The Labute approximate surface area is 929 Å². The molecular formula is H7F7K14O21Sb7. The van der Waals surface area contributed by atoms with Crippen LogP contribution in [-0.4, -0.2) is 147 Å². The molecule has 0 spiro atoms. The van der Waals surface area contributed by atoms with Gasteiger partial charge in [-0.15, -0.1) is 0 Å². The van der Waals surface area contributed by atoms with E-state index in [0.29, 0.717) is 0 Å². The third-order valence-corrected chi connectivity index (χ3v) is 0. The maximum absolute atomic E-state index is 8.60. The van der Waals surface area contributed by atoms with Crippen LogP contribution in [0.3, 0.4) is 0 Å². The van der Waals surface area contributed by atoms with E-state index in [4.69, 9.17) is 68.5 Å². The van der Waals surface area contributed by atoms with Gasteiger partial charge in [0.1, 0.15) is 0 Å². The van der Waals surface area contributed by atoms with E-state index in [1.165, 1.54) is 0 Å². The molecule has 0 amide bonds. The summed E-state index contributed by atoms with van der Waals surface area (Å²) in [5.74, 6) is 0. The first-order valence-corrected chi connectivity index (χ1v) is 25.7. The molecule has 0 heterocycles. The van der Waals surface area contributed by atoms with Crippen LogP contribution in [0.25, 0.3) is 0 Å². The Morgan fingerprint density at radius 1 is 0.163 bits per heavy atom. The second-order valence-electron chi connectivity index (χ2n) is 1.57. The molecule has 49 heteroatoms. The number of halogens is 7. The molecule has 21 nitrogen and oxygen atoms in total. The van der Waals surface area contributed by atoms with Gasteiger partial charge in [0.05, 0.1) is 0 Å². The fraction of sp³-hybridized carbons (Fsp3) is 0. The van der Waals surface area contributed by atoms with E-state index in [0.717, 1.165) is 0 Å². The quantitative estimate of drug-likeness (QED) is 0.160. The van der Waals surface area contributed by atoms with Crippen molar-refractivity contribution in [3.8, 4) is 0 Å². The zero-order valence-corrected chi connectivity index (χ0v) is 90.2. The second kappa shape index (κ2) is 178. The van der Waals surface area contributed by atoms with Crippen molar-refractivity contribution >= 4 is 147 Å². The van der Waals surface area contributed by atoms with Gasteiger partial charge in [-0.05, 0) is 0 Å². The van der Waals surface area contributed by atoms with Gasteiger partial charge in [-0.25, -0.2) is 0 Å². The van der Waals surface area contributed by atoms with Crippen LogP contribution in [0, 0.1) is 0 Å². The number of rotatable bonds is 0. The van der Waals surface area contributed by atoms with Gasteiger partial charge < -0.3 is 0 Å². The van der Waals surface area contributed by atoms with E-state index in [1.807, 2.05) is 0 Å². The monoisotopic (exact) mass is 1870 g/mol. The molecule has 0 unspecified atom stereocenters. The van der Waals surface area contributed by atoms with Gasteiger partial charge in [0, 0.05) is 0 Å². The Balaban J connectivity index is -0.00000000377. The van der Waals surface area contributed by atoms with Gasteiger partial charge in [0.25, 0.3) is 0 Å². The van der Waals surface area contributed by atoms with Gasteiger partial charge in [0.15, 0.2) is 0 Å². The van der Waals surface area contributed by atoms with Crippen molar-refractivity contribution in [3.63, 3.8) is 0 Å². The van der Waals surface area contributed by atoms with Crippen LogP contribution in [0.5, 0.6) is 0 Å². The van der Waals surface area contributed by atoms with Gasteiger partial charge in [-0.1, -0.05) is 0 Å². The van der Waals surface area contributed by atoms with Crippen LogP contribution < -0.4 is 767 Å². The Morgan fingerprint density at radius 3 is 0.163 bits per heavy atom. The molecule has 0 aliphatic rings. The third kappa shape index (κ3) is 564. The summed E-state index contributed by atoms with van der Waals surface area (Å²) >= 11 is -29.4. The summed E-state index contributed by atoms with van der Waals surface area (Å²) in [5.41, 5.74) is 0. The number of hydrogen-bond acceptors (Lipinski definition) is 21. The molecule has 0 aliphatic carbocycles. The van der Waals surface area contributed by atoms with Crippen molar-refractivity contribution < 1.29 is 821 Å². The predicted molar refractivity (Wildman–Crippen MR) is 62.6 cm³/mol. The summed E-state index contributed by atoms with van der Waals surface area (Å²) in [6.07, 6.45) is 0. The molecule has 0 saturated carbocycles. The summed E-state index contributed by atoms with van der Waals surface area (Å²) in [6, 6.07) is 0.